The van der Waals surface area contributed by atoms with Crippen molar-refractivity contribution in [3.63, 3.8) is 0 Å². The van der Waals surface area contributed by atoms with Gasteiger partial charge in [0.05, 0.1) is 16.6 Å². The molecule has 1 aromatic heterocycles. The normalized spacial score (nSPS) is 15.1. The third-order valence-electron chi connectivity index (χ3n) is 5.50. The van der Waals surface area contributed by atoms with Crippen molar-refractivity contribution in [2.45, 2.75) is 19.0 Å². The largest absolute Gasteiger partial charge is 0.353 e. The molecule has 4 rings (SSSR count). The second-order valence-corrected chi connectivity index (χ2v) is 7.65. The van der Waals surface area contributed by atoms with Gasteiger partial charge in [-0.25, -0.2) is 0 Å². The van der Waals surface area contributed by atoms with Crippen LogP contribution in [0, 0.1) is 0 Å². The van der Waals surface area contributed by atoms with Gasteiger partial charge in [0.25, 0.3) is 5.91 Å². The molecule has 0 spiro atoms. The fraction of sp³-hybridized carbons (Fsp3) is 0.261. The number of halogens is 1. The Balaban J connectivity index is 1.55. The van der Waals surface area contributed by atoms with Crippen LogP contribution in [0.25, 0.3) is 0 Å². The molecular formula is C23H24ClN3O. The number of fused-ring (bicyclic) bond motifs is 1. The van der Waals surface area contributed by atoms with E-state index in [1.54, 1.807) is 12.1 Å². The molecule has 4 nitrogen and oxygen atoms in total. The van der Waals surface area contributed by atoms with Gasteiger partial charge in [0, 0.05) is 38.6 Å². The summed E-state index contributed by atoms with van der Waals surface area (Å²) in [5.74, 6) is -0.137. The van der Waals surface area contributed by atoms with Crippen molar-refractivity contribution in [1.29, 1.82) is 0 Å². The van der Waals surface area contributed by atoms with Crippen LogP contribution in [0.3, 0.4) is 0 Å². The van der Waals surface area contributed by atoms with Crippen LogP contribution in [0.2, 0.25) is 5.02 Å². The fourth-order valence-corrected chi connectivity index (χ4v) is 4.18. The maximum absolute atomic E-state index is 12.7. The monoisotopic (exact) mass is 393 g/mol. The summed E-state index contributed by atoms with van der Waals surface area (Å²) in [6.07, 6.45) is 3.08. The molecule has 0 saturated carbocycles. The lowest BCUT2D eigenvalue weighted by molar-refractivity contribution is 0.0925. The molecule has 1 amide bonds. The molecule has 1 N–H and O–H groups in total. The van der Waals surface area contributed by atoms with Gasteiger partial charge < -0.3 is 9.88 Å². The molecule has 144 valence electrons. The third-order valence-corrected chi connectivity index (χ3v) is 5.83. The number of carbonyl (C=O) groups is 1. The van der Waals surface area contributed by atoms with Crippen LogP contribution in [-0.4, -0.2) is 28.5 Å². The number of amides is 1. The van der Waals surface area contributed by atoms with Crippen molar-refractivity contribution in [3.05, 3.63) is 94.3 Å². The molecule has 2 aromatic carbocycles. The number of aryl methyl sites for hydroxylation is 1. The first-order valence-electron chi connectivity index (χ1n) is 9.58. The summed E-state index contributed by atoms with van der Waals surface area (Å²) >= 11 is 6.19. The number of hydrogen-bond acceptors (Lipinski definition) is 2. The Hall–Kier alpha value is -2.56. The van der Waals surface area contributed by atoms with Crippen molar-refractivity contribution in [3.8, 4) is 0 Å². The van der Waals surface area contributed by atoms with Crippen molar-refractivity contribution in [2.75, 3.05) is 13.1 Å². The fourth-order valence-electron chi connectivity index (χ4n) is 3.95. The molecule has 0 bridgehead atoms. The highest BCUT2D eigenvalue weighted by Crippen LogP contribution is 2.28. The number of benzene rings is 2. The molecule has 28 heavy (non-hydrogen) atoms. The van der Waals surface area contributed by atoms with Crippen molar-refractivity contribution < 1.29 is 4.79 Å². The van der Waals surface area contributed by atoms with Gasteiger partial charge in [0.1, 0.15) is 0 Å². The van der Waals surface area contributed by atoms with E-state index in [1.807, 2.05) is 12.1 Å². The molecular weight excluding hydrogens is 370 g/mol. The summed E-state index contributed by atoms with van der Waals surface area (Å²) in [5.41, 5.74) is 4.49. The number of rotatable bonds is 5. The smallest absolute Gasteiger partial charge is 0.252 e. The first kappa shape index (κ1) is 18.8. The van der Waals surface area contributed by atoms with E-state index < -0.39 is 0 Å². The van der Waals surface area contributed by atoms with E-state index in [2.05, 4.69) is 64.4 Å². The lowest BCUT2D eigenvalue weighted by Crippen LogP contribution is -2.41. The zero-order valence-electron chi connectivity index (χ0n) is 15.9. The van der Waals surface area contributed by atoms with Gasteiger partial charge >= 0.3 is 0 Å². The SMILES string of the molecule is Cn1cccc1C(CNC(=O)c1ccccc1Cl)N1CCc2ccccc2C1. The summed E-state index contributed by atoms with van der Waals surface area (Å²) in [6.45, 7) is 2.38. The molecule has 0 radical (unpaired) electrons. The van der Waals surface area contributed by atoms with Crippen LogP contribution in [-0.2, 0) is 20.0 Å². The molecule has 5 heteroatoms. The van der Waals surface area contributed by atoms with Gasteiger partial charge in [-0.2, -0.15) is 0 Å². The van der Waals surface area contributed by atoms with Crippen molar-refractivity contribution in [2.24, 2.45) is 7.05 Å². The molecule has 2 heterocycles. The average molecular weight is 394 g/mol. The van der Waals surface area contributed by atoms with Crippen molar-refractivity contribution in [1.82, 2.24) is 14.8 Å². The molecule has 3 aromatic rings. The van der Waals surface area contributed by atoms with Gasteiger partial charge in [0.15, 0.2) is 0 Å². The molecule has 1 atom stereocenters. The molecule has 0 fully saturated rings. The second-order valence-electron chi connectivity index (χ2n) is 7.24. The minimum atomic E-state index is -0.137. The van der Waals surface area contributed by atoms with Crippen LogP contribution in [0.5, 0.6) is 0 Å². The van der Waals surface area contributed by atoms with Crippen LogP contribution >= 0.6 is 11.6 Å². The van der Waals surface area contributed by atoms with Crippen LogP contribution < -0.4 is 5.32 Å². The number of nitrogens with one attached hydrogen (secondary N) is 1. The zero-order chi connectivity index (χ0) is 19.5. The molecule has 1 aliphatic heterocycles. The van der Waals surface area contributed by atoms with Gasteiger partial charge in [-0.3, -0.25) is 9.69 Å². The van der Waals surface area contributed by atoms with Gasteiger partial charge in [-0.15, -0.1) is 0 Å². The summed E-state index contributed by atoms with van der Waals surface area (Å²) in [4.78, 5) is 15.1. The van der Waals surface area contributed by atoms with Crippen LogP contribution in [0.4, 0.5) is 0 Å². The summed E-state index contributed by atoms with van der Waals surface area (Å²) in [5, 5.41) is 3.57. The maximum atomic E-state index is 12.7. The van der Waals surface area contributed by atoms with E-state index in [0.717, 1.165) is 19.5 Å². The zero-order valence-corrected chi connectivity index (χ0v) is 16.7. The quantitative estimate of drug-likeness (QED) is 0.705. The topological polar surface area (TPSA) is 37.3 Å². The van der Waals surface area contributed by atoms with E-state index >= 15 is 0 Å². The first-order chi connectivity index (χ1) is 13.6. The molecule has 0 saturated heterocycles. The summed E-state index contributed by atoms with van der Waals surface area (Å²) in [6, 6.07) is 20.1. The molecule has 0 aliphatic carbocycles. The Kier molecular flexibility index (Phi) is 5.51. The predicted octanol–water partition coefficient (Wildman–Crippen LogP) is 4.21. The number of carbonyl (C=O) groups excluding carboxylic acids is 1. The van der Waals surface area contributed by atoms with E-state index in [4.69, 9.17) is 11.6 Å². The minimum absolute atomic E-state index is 0.0970. The van der Waals surface area contributed by atoms with Crippen LogP contribution in [0.15, 0.2) is 66.9 Å². The van der Waals surface area contributed by atoms with E-state index in [9.17, 15) is 4.79 Å². The first-order valence-corrected chi connectivity index (χ1v) is 9.96. The second kappa shape index (κ2) is 8.21. The lowest BCUT2D eigenvalue weighted by Gasteiger charge is -2.36. The van der Waals surface area contributed by atoms with Gasteiger partial charge in [-0.05, 0) is 41.8 Å². The van der Waals surface area contributed by atoms with Crippen LogP contribution in [0.1, 0.15) is 33.2 Å². The highest BCUT2D eigenvalue weighted by atomic mass is 35.5. The Morgan fingerprint density at radius 3 is 2.57 bits per heavy atom. The van der Waals surface area contributed by atoms with Gasteiger partial charge in [-0.1, -0.05) is 48.0 Å². The summed E-state index contributed by atoms with van der Waals surface area (Å²) < 4.78 is 2.13. The van der Waals surface area contributed by atoms with Crippen molar-refractivity contribution >= 4 is 17.5 Å². The Labute approximate surface area is 170 Å². The van der Waals surface area contributed by atoms with E-state index in [0.29, 0.717) is 17.1 Å². The maximum Gasteiger partial charge on any atom is 0.252 e. The molecule has 1 unspecified atom stereocenters. The number of aromatic nitrogens is 1. The highest BCUT2D eigenvalue weighted by molar-refractivity contribution is 6.33. The highest BCUT2D eigenvalue weighted by Gasteiger charge is 2.27. The van der Waals surface area contributed by atoms with E-state index in [-0.39, 0.29) is 11.9 Å². The lowest BCUT2D eigenvalue weighted by atomic mass is 9.97. The predicted molar refractivity (Wildman–Crippen MR) is 112 cm³/mol. The number of nitrogens with zero attached hydrogens (tertiary/aromatic N) is 2. The minimum Gasteiger partial charge on any atom is -0.353 e. The Morgan fingerprint density at radius 2 is 1.82 bits per heavy atom. The Morgan fingerprint density at radius 1 is 1.07 bits per heavy atom. The number of hydrogen-bond donors (Lipinski definition) is 1. The van der Waals surface area contributed by atoms with Gasteiger partial charge in [0.2, 0.25) is 0 Å². The third kappa shape index (κ3) is 3.84. The summed E-state index contributed by atoms with van der Waals surface area (Å²) in [7, 11) is 2.05. The van der Waals surface area contributed by atoms with E-state index in [1.165, 1.54) is 16.8 Å². The standard InChI is InChI=1S/C23H24ClN3O/c1-26-13-6-11-21(26)22(15-25-23(28)19-9-4-5-10-20(19)24)27-14-12-17-7-2-3-8-18(17)16-27/h2-11,13,22H,12,14-16H2,1H3,(H,25,28). The molecule has 1 aliphatic rings. The average Bonchev–Trinajstić information content (AvgIpc) is 3.14. The Bertz CT molecular complexity index is 981.